The second kappa shape index (κ2) is 4.74. The minimum absolute atomic E-state index is 0.128. The summed E-state index contributed by atoms with van der Waals surface area (Å²) in [6.45, 7) is 0. The van der Waals surface area contributed by atoms with Crippen LogP contribution >= 0.6 is 45.9 Å². The third kappa shape index (κ3) is 2.48. The zero-order valence-electron chi connectivity index (χ0n) is 7.87. The Balaban J connectivity index is 2.23. The second-order valence-corrected chi connectivity index (χ2v) is 6.02. The van der Waals surface area contributed by atoms with Crippen molar-refractivity contribution in [2.24, 2.45) is 0 Å². The van der Waals surface area contributed by atoms with Gasteiger partial charge in [-0.15, -0.1) is 34.3 Å². The van der Waals surface area contributed by atoms with E-state index >= 15 is 0 Å². The highest BCUT2D eigenvalue weighted by atomic mass is 35.5. The van der Waals surface area contributed by atoms with Crippen molar-refractivity contribution in [1.29, 1.82) is 0 Å². The first kappa shape index (κ1) is 11.3. The number of thiophene rings is 2. The molecule has 0 aromatic carbocycles. The molecule has 0 saturated carbocycles. The van der Waals surface area contributed by atoms with Crippen LogP contribution in [0.25, 0.3) is 0 Å². The maximum Gasteiger partial charge on any atom is 0.129 e. The van der Waals surface area contributed by atoms with Crippen LogP contribution in [-0.4, -0.2) is 7.11 Å². The van der Waals surface area contributed by atoms with E-state index in [0.717, 1.165) is 19.8 Å². The first-order chi connectivity index (χ1) is 7.20. The zero-order chi connectivity index (χ0) is 10.8. The summed E-state index contributed by atoms with van der Waals surface area (Å²) in [5.41, 5.74) is 0. The average molecular weight is 279 g/mol. The van der Waals surface area contributed by atoms with Crippen LogP contribution in [-0.2, 0) is 0 Å². The quantitative estimate of drug-likeness (QED) is 0.733. The lowest BCUT2D eigenvalue weighted by molar-refractivity contribution is 0.416. The van der Waals surface area contributed by atoms with Gasteiger partial charge >= 0.3 is 0 Å². The summed E-state index contributed by atoms with van der Waals surface area (Å²) in [6.07, 6.45) is 0. The molecular weight excluding hydrogens is 271 g/mol. The van der Waals surface area contributed by atoms with Crippen LogP contribution in [0.15, 0.2) is 23.6 Å². The van der Waals surface area contributed by atoms with Gasteiger partial charge in [0.15, 0.2) is 0 Å². The topological polar surface area (TPSA) is 9.23 Å². The van der Waals surface area contributed by atoms with Crippen LogP contribution in [0.3, 0.4) is 0 Å². The third-order valence-corrected chi connectivity index (χ3v) is 4.93. The molecule has 0 aliphatic heterocycles. The predicted octanol–water partition coefficient (Wildman–Crippen LogP) is 4.80. The maximum atomic E-state index is 6.32. The van der Waals surface area contributed by atoms with Crippen molar-refractivity contribution in [2.75, 3.05) is 7.11 Å². The lowest BCUT2D eigenvalue weighted by Crippen LogP contribution is -1.85. The van der Waals surface area contributed by atoms with Gasteiger partial charge in [-0.05, 0) is 18.2 Å². The molecule has 15 heavy (non-hydrogen) atoms. The largest absolute Gasteiger partial charge is 0.496 e. The molecule has 0 N–H and O–H groups in total. The molecule has 0 aliphatic carbocycles. The van der Waals surface area contributed by atoms with Crippen LogP contribution in [0.1, 0.15) is 15.1 Å². The number of rotatable bonds is 3. The van der Waals surface area contributed by atoms with Crippen molar-refractivity contribution in [3.8, 4) is 5.75 Å². The number of methoxy groups -OCH3 is 1. The van der Waals surface area contributed by atoms with Gasteiger partial charge in [-0.1, -0.05) is 11.6 Å². The molecule has 1 nitrogen and oxygen atoms in total. The Kier molecular flexibility index (Phi) is 3.57. The van der Waals surface area contributed by atoms with E-state index in [-0.39, 0.29) is 5.38 Å². The molecule has 2 rings (SSSR count). The Labute approximate surface area is 106 Å². The lowest BCUT2D eigenvalue weighted by atomic mass is 10.3. The van der Waals surface area contributed by atoms with Crippen LogP contribution in [0, 0.1) is 0 Å². The molecule has 5 heteroatoms. The molecule has 0 amide bonds. The van der Waals surface area contributed by atoms with Gasteiger partial charge in [-0.2, -0.15) is 0 Å². The van der Waals surface area contributed by atoms with Gasteiger partial charge < -0.3 is 4.74 Å². The predicted molar refractivity (Wildman–Crippen MR) is 67.9 cm³/mol. The monoisotopic (exact) mass is 278 g/mol. The Morgan fingerprint density at radius 1 is 1.33 bits per heavy atom. The fraction of sp³-hybridized carbons (Fsp3) is 0.200. The van der Waals surface area contributed by atoms with E-state index in [1.807, 2.05) is 23.6 Å². The van der Waals surface area contributed by atoms with Crippen LogP contribution in [0.4, 0.5) is 0 Å². The molecule has 0 aliphatic rings. The summed E-state index contributed by atoms with van der Waals surface area (Å²) in [5, 5.41) is 1.82. The SMILES string of the molecule is COc1csc(C(Cl)c2ccc(Cl)s2)c1. The average Bonchev–Trinajstić information content (AvgIpc) is 2.84. The third-order valence-electron chi connectivity index (χ3n) is 1.92. The highest BCUT2D eigenvalue weighted by molar-refractivity contribution is 7.17. The van der Waals surface area contributed by atoms with E-state index in [9.17, 15) is 0 Å². The molecule has 0 radical (unpaired) electrons. The van der Waals surface area contributed by atoms with Gasteiger partial charge in [0.25, 0.3) is 0 Å². The van der Waals surface area contributed by atoms with E-state index in [4.69, 9.17) is 27.9 Å². The first-order valence-electron chi connectivity index (χ1n) is 4.22. The molecule has 0 fully saturated rings. The molecule has 1 unspecified atom stereocenters. The normalized spacial score (nSPS) is 12.7. The van der Waals surface area contributed by atoms with Crippen LogP contribution < -0.4 is 4.74 Å². The smallest absolute Gasteiger partial charge is 0.129 e. The molecule has 2 aromatic rings. The van der Waals surface area contributed by atoms with Crippen molar-refractivity contribution in [1.82, 2.24) is 0 Å². The van der Waals surface area contributed by atoms with E-state index in [0.29, 0.717) is 0 Å². The van der Waals surface area contributed by atoms with Crippen LogP contribution in [0.2, 0.25) is 4.34 Å². The number of hydrogen-bond donors (Lipinski definition) is 0. The Hall–Kier alpha value is -0.220. The maximum absolute atomic E-state index is 6.32. The minimum atomic E-state index is -0.128. The Bertz CT molecular complexity index is 450. The summed E-state index contributed by atoms with van der Waals surface area (Å²) >= 11 is 15.3. The molecule has 0 bridgehead atoms. The van der Waals surface area contributed by atoms with E-state index < -0.39 is 0 Å². The van der Waals surface area contributed by atoms with Gasteiger partial charge in [0.1, 0.15) is 11.1 Å². The van der Waals surface area contributed by atoms with Crippen molar-refractivity contribution in [3.63, 3.8) is 0 Å². The van der Waals surface area contributed by atoms with Crippen molar-refractivity contribution in [3.05, 3.63) is 37.7 Å². The number of ether oxygens (including phenoxy) is 1. The molecule has 1 atom stereocenters. The van der Waals surface area contributed by atoms with E-state index in [1.54, 1.807) is 18.4 Å². The number of hydrogen-bond acceptors (Lipinski definition) is 3. The van der Waals surface area contributed by atoms with Crippen molar-refractivity contribution < 1.29 is 4.74 Å². The molecule has 2 heterocycles. The first-order valence-corrected chi connectivity index (χ1v) is 6.73. The fourth-order valence-corrected chi connectivity index (χ4v) is 3.58. The number of halogens is 2. The van der Waals surface area contributed by atoms with Crippen LogP contribution in [0.5, 0.6) is 5.75 Å². The second-order valence-electron chi connectivity index (χ2n) is 2.89. The molecule has 0 saturated heterocycles. The summed E-state index contributed by atoms with van der Waals surface area (Å²) < 4.78 is 5.88. The van der Waals surface area contributed by atoms with E-state index in [1.165, 1.54) is 11.3 Å². The van der Waals surface area contributed by atoms with Gasteiger partial charge in [-0.25, -0.2) is 0 Å². The minimum Gasteiger partial charge on any atom is -0.496 e. The summed E-state index contributed by atoms with van der Waals surface area (Å²) in [7, 11) is 1.65. The highest BCUT2D eigenvalue weighted by Gasteiger charge is 2.15. The van der Waals surface area contributed by atoms with Gasteiger partial charge in [0.2, 0.25) is 0 Å². The molecular formula is C10H8Cl2OS2. The molecule has 0 spiro atoms. The van der Waals surface area contributed by atoms with Crippen molar-refractivity contribution in [2.45, 2.75) is 5.38 Å². The summed E-state index contributed by atoms with van der Waals surface area (Å²) in [6, 6.07) is 5.77. The van der Waals surface area contributed by atoms with Crippen molar-refractivity contribution >= 4 is 45.9 Å². The number of alkyl halides is 1. The summed E-state index contributed by atoms with van der Waals surface area (Å²) in [5.74, 6) is 0.850. The Morgan fingerprint density at radius 2 is 2.13 bits per heavy atom. The molecule has 2 aromatic heterocycles. The summed E-state index contributed by atoms with van der Waals surface area (Å²) in [4.78, 5) is 2.14. The van der Waals surface area contributed by atoms with E-state index in [2.05, 4.69) is 0 Å². The Morgan fingerprint density at radius 3 is 2.67 bits per heavy atom. The standard InChI is InChI=1S/C10H8Cl2OS2/c1-13-6-4-8(14-5-6)10(12)7-2-3-9(11)15-7/h2-5,10H,1H3. The zero-order valence-corrected chi connectivity index (χ0v) is 11.0. The highest BCUT2D eigenvalue weighted by Crippen LogP contribution is 2.39. The molecule has 80 valence electrons. The lowest BCUT2D eigenvalue weighted by Gasteiger charge is -2.02. The van der Waals surface area contributed by atoms with Gasteiger partial charge in [0, 0.05) is 15.1 Å². The van der Waals surface area contributed by atoms with Gasteiger partial charge in [-0.3, -0.25) is 0 Å². The van der Waals surface area contributed by atoms with Gasteiger partial charge in [0.05, 0.1) is 11.4 Å². The fourth-order valence-electron chi connectivity index (χ4n) is 1.18.